The molecular weight excluding hydrogens is 274 g/mol. The molecule has 4 fully saturated rings. The average molecular weight is 297 g/mol. The van der Waals surface area contributed by atoms with E-state index >= 15 is 0 Å². The van der Waals surface area contributed by atoms with E-state index in [1.165, 1.54) is 38.5 Å². The molecule has 6 rings (SSSR count). The van der Waals surface area contributed by atoms with Crippen molar-refractivity contribution < 1.29 is 5.11 Å². The molecule has 0 amide bonds. The molecule has 0 unspecified atom stereocenters. The van der Waals surface area contributed by atoms with Gasteiger partial charge >= 0.3 is 0 Å². The number of fused-ring (bicyclic) bond motifs is 1. The second kappa shape index (κ2) is 4.48. The van der Waals surface area contributed by atoms with Crippen LogP contribution in [0, 0.1) is 17.8 Å². The van der Waals surface area contributed by atoms with E-state index in [9.17, 15) is 5.11 Å². The van der Waals surface area contributed by atoms with Gasteiger partial charge in [-0.2, -0.15) is 0 Å². The fourth-order valence-electron chi connectivity index (χ4n) is 5.73. The highest BCUT2D eigenvalue weighted by molar-refractivity contribution is 5.76. The lowest BCUT2D eigenvalue weighted by Gasteiger charge is -2.57. The number of imidazole rings is 1. The molecule has 2 aromatic rings. The van der Waals surface area contributed by atoms with Crippen molar-refractivity contribution in [3.8, 4) is 5.75 Å². The molecule has 4 aliphatic rings. The maximum Gasteiger partial charge on any atom is 0.121 e. The van der Waals surface area contributed by atoms with Crippen molar-refractivity contribution in [2.24, 2.45) is 17.8 Å². The third-order valence-electron chi connectivity index (χ3n) is 6.18. The van der Waals surface area contributed by atoms with Crippen molar-refractivity contribution >= 4 is 11.0 Å². The number of phenolic OH excluding ortho intramolecular Hbond substituents is 1. The quantitative estimate of drug-likeness (QED) is 0.814. The predicted molar refractivity (Wildman–Crippen MR) is 85.5 cm³/mol. The second-order valence-corrected chi connectivity index (χ2v) is 7.94. The molecule has 3 N–H and O–H groups in total. The molecule has 1 aromatic heterocycles. The van der Waals surface area contributed by atoms with Gasteiger partial charge in [-0.1, -0.05) is 0 Å². The Balaban J connectivity index is 1.35. The van der Waals surface area contributed by atoms with E-state index in [0.29, 0.717) is 5.54 Å². The summed E-state index contributed by atoms with van der Waals surface area (Å²) in [5.74, 6) is 4.16. The molecule has 4 aliphatic carbocycles. The highest BCUT2D eigenvalue weighted by atomic mass is 16.3. The summed E-state index contributed by atoms with van der Waals surface area (Å²) in [6.45, 7) is 0.807. The minimum absolute atomic E-state index is 0.289. The summed E-state index contributed by atoms with van der Waals surface area (Å²) < 4.78 is 0. The lowest BCUT2D eigenvalue weighted by atomic mass is 9.53. The minimum Gasteiger partial charge on any atom is -0.508 e. The third-order valence-corrected chi connectivity index (χ3v) is 6.18. The van der Waals surface area contributed by atoms with Crippen LogP contribution in [-0.4, -0.2) is 20.6 Å². The van der Waals surface area contributed by atoms with Gasteiger partial charge in [0.05, 0.1) is 17.6 Å². The zero-order valence-electron chi connectivity index (χ0n) is 12.8. The Labute approximate surface area is 130 Å². The molecule has 0 atom stereocenters. The van der Waals surface area contributed by atoms with Crippen molar-refractivity contribution in [2.45, 2.75) is 50.6 Å². The maximum absolute atomic E-state index is 9.56. The first-order valence-electron chi connectivity index (χ1n) is 8.60. The minimum atomic E-state index is 0.289. The summed E-state index contributed by atoms with van der Waals surface area (Å²) in [4.78, 5) is 7.98. The van der Waals surface area contributed by atoms with Crippen LogP contribution < -0.4 is 5.32 Å². The zero-order valence-corrected chi connectivity index (χ0v) is 12.8. The molecule has 4 bridgehead atoms. The number of phenols is 1. The van der Waals surface area contributed by atoms with Gasteiger partial charge in [-0.3, -0.25) is 0 Å². The van der Waals surface area contributed by atoms with Gasteiger partial charge < -0.3 is 15.4 Å². The first-order valence-corrected chi connectivity index (χ1v) is 8.60. The van der Waals surface area contributed by atoms with E-state index in [0.717, 1.165) is 41.2 Å². The van der Waals surface area contributed by atoms with Crippen LogP contribution in [0.5, 0.6) is 5.75 Å². The van der Waals surface area contributed by atoms with E-state index in [4.69, 9.17) is 0 Å². The highest BCUT2D eigenvalue weighted by Crippen LogP contribution is 2.55. The van der Waals surface area contributed by atoms with Gasteiger partial charge in [0.15, 0.2) is 0 Å². The van der Waals surface area contributed by atoms with E-state index in [1.807, 2.05) is 6.07 Å². The predicted octanol–water partition coefficient (Wildman–Crippen LogP) is 3.33. The number of hydrogen-bond acceptors (Lipinski definition) is 3. The average Bonchev–Trinajstić information content (AvgIpc) is 2.86. The number of aromatic nitrogens is 2. The number of aromatic amines is 1. The van der Waals surface area contributed by atoms with E-state index in [-0.39, 0.29) is 5.75 Å². The summed E-state index contributed by atoms with van der Waals surface area (Å²) in [7, 11) is 0. The van der Waals surface area contributed by atoms with Crippen molar-refractivity contribution in [1.82, 2.24) is 15.3 Å². The zero-order chi connectivity index (χ0) is 14.7. The Morgan fingerprint density at radius 1 is 1.14 bits per heavy atom. The molecule has 0 radical (unpaired) electrons. The Morgan fingerprint density at radius 3 is 2.50 bits per heavy atom. The van der Waals surface area contributed by atoms with Gasteiger partial charge in [0.1, 0.15) is 11.6 Å². The van der Waals surface area contributed by atoms with Crippen LogP contribution >= 0.6 is 0 Å². The Morgan fingerprint density at radius 2 is 1.82 bits per heavy atom. The van der Waals surface area contributed by atoms with Crippen LogP contribution in [0.4, 0.5) is 0 Å². The van der Waals surface area contributed by atoms with Gasteiger partial charge in [0.25, 0.3) is 0 Å². The summed E-state index contributed by atoms with van der Waals surface area (Å²) in [5.41, 5.74) is 2.22. The molecule has 0 spiro atoms. The van der Waals surface area contributed by atoms with E-state index in [2.05, 4.69) is 15.3 Å². The topological polar surface area (TPSA) is 60.9 Å². The normalized spacial score (nSPS) is 36.3. The fourth-order valence-corrected chi connectivity index (χ4v) is 5.73. The number of hydrogen-bond donors (Lipinski definition) is 3. The van der Waals surface area contributed by atoms with Crippen molar-refractivity contribution in [3.63, 3.8) is 0 Å². The Bertz CT molecular complexity index is 685. The highest BCUT2D eigenvalue weighted by Gasteiger charge is 2.50. The molecule has 0 saturated heterocycles. The first kappa shape index (κ1) is 12.9. The number of nitrogens with one attached hydrogen (secondary N) is 2. The second-order valence-electron chi connectivity index (χ2n) is 7.94. The standard InChI is InChI=1S/C18H23N3O/c22-14-1-2-15-16(6-14)21-17(20-15)10-19-18-7-11-3-12(8-18)5-13(4-11)9-18/h1-2,6,11-13,19,22H,3-5,7-10H2,(H,20,21). The molecular formula is C18H23N3O. The lowest BCUT2D eigenvalue weighted by molar-refractivity contribution is -0.0208. The largest absolute Gasteiger partial charge is 0.508 e. The third kappa shape index (κ3) is 2.04. The summed E-state index contributed by atoms with van der Waals surface area (Å²) in [5, 5.41) is 13.4. The number of benzene rings is 1. The summed E-state index contributed by atoms with van der Waals surface area (Å²) in [6, 6.07) is 5.31. The number of aromatic hydroxyl groups is 1. The molecule has 4 nitrogen and oxygen atoms in total. The van der Waals surface area contributed by atoms with E-state index in [1.54, 1.807) is 12.1 Å². The number of H-pyrrole nitrogens is 1. The van der Waals surface area contributed by atoms with Gasteiger partial charge in [-0.05, 0) is 68.4 Å². The van der Waals surface area contributed by atoms with Crippen molar-refractivity contribution in [3.05, 3.63) is 24.0 Å². The molecule has 116 valence electrons. The van der Waals surface area contributed by atoms with Crippen molar-refractivity contribution in [2.75, 3.05) is 0 Å². The number of rotatable bonds is 3. The van der Waals surface area contributed by atoms with Crippen LogP contribution in [0.15, 0.2) is 18.2 Å². The van der Waals surface area contributed by atoms with Crippen LogP contribution in [-0.2, 0) is 6.54 Å². The first-order chi connectivity index (χ1) is 10.7. The molecule has 4 saturated carbocycles. The number of nitrogens with zero attached hydrogens (tertiary/aromatic N) is 1. The van der Waals surface area contributed by atoms with Crippen LogP contribution in [0.2, 0.25) is 0 Å². The van der Waals surface area contributed by atoms with Gasteiger partial charge in [-0.25, -0.2) is 4.98 Å². The fraction of sp³-hybridized carbons (Fsp3) is 0.611. The summed E-state index contributed by atoms with van der Waals surface area (Å²) in [6.07, 6.45) is 8.51. The molecule has 0 aliphatic heterocycles. The molecule has 1 aromatic carbocycles. The van der Waals surface area contributed by atoms with Gasteiger partial charge in [-0.15, -0.1) is 0 Å². The molecule has 4 heteroatoms. The SMILES string of the molecule is Oc1ccc2nc(CNC34CC5CC(CC(C5)C3)C4)[nH]c2c1. The monoisotopic (exact) mass is 297 g/mol. The lowest BCUT2D eigenvalue weighted by Crippen LogP contribution is -2.58. The van der Waals surface area contributed by atoms with Gasteiger partial charge in [0.2, 0.25) is 0 Å². The summed E-state index contributed by atoms with van der Waals surface area (Å²) >= 11 is 0. The van der Waals surface area contributed by atoms with Crippen LogP contribution in [0.3, 0.4) is 0 Å². The Hall–Kier alpha value is -1.55. The van der Waals surface area contributed by atoms with Gasteiger partial charge in [0, 0.05) is 11.6 Å². The molecule has 1 heterocycles. The smallest absolute Gasteiger partial charge is 0.121 e. The van der Waals surface area contributed by atoms with Crippen LogP contribution in [0.1, 0.15) is 44.3 Å². The van der Waals surface area contributed by atoms with Crippen LogP contribution in [0.25, 0.3) is 11.0 Å². The molecule has 22 heavy (non-hydrogen) atoms. The Kier molecular flexibility index (Phi) is 2.63. The van der Waals surface area contributed by atoms with E-state index < -0.39 is 0 Å². The maximum atomic E-state index is 9.56. The van der Waals surface area contributed by atoms with Crippen molar-refractivity contribution in [1.29, 1.82) is 0 Å².